The van der Waals surface area contributed by atoms with Crippen LogP contribution in [0.15, 0.2) is 23.0 Å². The van der Waals surface area contributed by atoms with Gasteiger partial charge in [0.25, 0.3) is 5.91 Å². The van der Waals surface area contributed by atoms with Gasteiger partial charge < -0.3 is 5.32 Å². The predicted octanol–water partition coefficient (Wildman–Crippen LogP) is 1.13. The number of aromatic nitrogens is 2. The first-order chi connectivity index (χ1) is 9.06. The topological polar surface area (TPSA) is 64.0 Å². The normalized spacial score (nSPS) is 14.6. The Morgan fingerprint density at radius 3 is 2.84 bits per heavy atom. The first-order valence-electron chi connectivity index (χ1n) is 6.35. The van der Waals surface area contributed by atoms with Crippen molar-refractivity contribution in [2.75, 3.05) is 0 Å². The number of carbonyl (C=O) groups is 1. The first kappa shape index (κ1) is 11.9. The molecular weight excluding hydrogens is 242 g/mol. The second-order valence-electron chi connectivity index (χ2n) is 5.07. The number of hydrogen-bond donors (Lipinski definition) is 1. The SMILES string of the molecule is Cc1ccc2c(c1)c(=O)c(C(=O)NC1CC1)nn2C. The van der Waals surface area contributed by atoms with E-state index in [9.17, 15) is 9.59 Å². The molecule has 1 saturated carbocycles. The fraction of sp³-hybridized carbons (Fsp3) is 0.357. The minimum atomic E-state index is -0.369. The zero-order valence-electron chi connectivity index (χ0n) is 10.9. The molecule has 3 rings (SSSR count). The summed E-state index contributed by atoms with van der Waals surface area (Å²) in [7, 11) is 1.74. The number of benzene rings is 1. The molecular formula is C14H15N3O2. The third-order valence-corrected chi connectivity index (χ3v) is 3.34. The molecule has 5 nitrogen and oxygen atoms in total. The van der Waals surface area contributed by atoms with E-state index in [-0.39, 0.29) is 23.1 Å². The minimum Gasteiger partial charge on any atom is -0.348 e. The molecule has 1 fully saturated rings. The Bertz CT molecular complexity index is 729. The van der Waals surface area contributed by atoms with E-state index in [1.54, 1.807) is 17.8 Å². The molecule has 98 valence electrons. The number of nitrogens with zero attached hydrogens (tertiary/aromatic N) is 2. The number of aryl methyl sites for hydroxylation is 2. The number of nitrogens with one attached hydrogen (secondary N) is 1. The number of hydrogen-bond acceptors (Lipinski definition) is 3. The van der Waals surface area contributed by atoms with E-state index >= 15 is 0 Å². The summed E-state index contributed by atoms with van der Waals surface area (Å²) in [5.74, 6) is -0.369. The summed E-state index contributed by atoms with van der Waals surface area (Å²) in [6.07, 6.45) is 1.97. The van der Waals surface area contributed by atoms with Crippen LogP contribution in [0.1, 0.15) is 28.9 Å². The van der Waals surface area contributed by atoms with Crippen LogP contribution in [0.25, 0.3) is 10.9 Å². The van der Waals surface area contributed by atoms with Crippen LogP contribution in [0.2, 0.25) is 0 Å². The van der Waals surface area contributed by atoms with Crippen molar-refractivity contribution in [3.05, 3.63) is 39.7 Å². The first-order valence-corrected chi connectivity index (χ1v) is 6.35. The van der Waals surface area contributed by atoms with Crippen LogP contribution in [0, 0.1) is 6.92 Å². The summed E-state index contributed by atoms with van der Waals surface area (Å²) in [6, 6.07) is 5.79. The lowest BCUT2D eigenvalue weighted by Gasteiger charge is -2.08. The van der Waals surface area contributed by atoms with Gasteiger partial charge in [-0.2, -0.15) is 5.10 Å². The Kier molecular flexibility index (Phi) is 2.62. The summed E-state index contributed by atoms with van der Waals surface area (Å²) in [5, 5.41) is 7.45. The Labute approximate surface area is 110 Å². The van der Waals surface area contributed by atoms with E-state index in [1.165, 1.54) is 0 Å². The minimum absolute atomic E-state index is 0.0208. The van der Waals surface area contributed by atoms with Crippen LogP contribution < -0.4 is 10.7 Å². The largest absolute Gasteiger partial charge is 0.348 e. The lowest BCUT2D eigenvalue weighted by molar-refractivity contribution is 0.0943. The summed E-state index contributed by atoms with van der Waals surface area (Å²) in [5.41, 5.74) is 1.41. The fourth-order valence-electron chi connectivity index (χ4n) is 2.12. The zero-order chi connectivity index (χ0) is 13.6. The van der Waals surface area contributed by atoms with Gasteiger partial charge in [-0.1, -0.05) is 11.6 Å². The summed E-state index contributed by atoms with van der Waals surface area (Å²) in [4.78, 5) is 24.3. The van der Waals surface area contributed by atoms with Crippen molar-refractivity contribution in [2.45, 2.75) is 25.8 Å². The van der Waals surface area contributed by atoms with Gasteiger partial charge in [0.2, 0.25) is 5.43 Å². The molecule has 1 amide bonds. The maximum absolute atomic E-state index is 12.3. The van der Waals surface area contributed by atoms with Crippen LogP contribution in [0.3, 0.4) is 0 Å². The molecule has 0 saturated heterocycles. The van der Waals surface area contributed by atoms with Gasteiger partial charge in [-0.15, -0.1) is 0 Å². The van der Waals surface area contributed by atoms with Crippen molar-refractivity contribution < 1.29 is 4.79 Å². The maximum Gasteiger partial charge on any atom is 0.276 e. The van der Waals surface area contributed by atoms with Crippen molar-refractivity contribution in [3.63, 3.8) is 0 Å². The highest BCUT2D eigenvalue weighted by atomic mass is 16.2. The van der Waals surface area contributed by atoms with Crippen molar-refractivity contribution in [1.29, 1.82) is 0 Å². The number of fused-ring (bicyclic) bond motifs is 1. The molecule has 1 N–H and O–H groups in total. The van der Waals surface area contributed by atoms with Crippen LogP contribution in [0.4, 0.5) is 0 Å². The maximum atomic E-state index is 12.3. The zero-order valence-corrected chi connectivity index (χ0v) is 10.9. The van der Waals surface area contributed by atoms with Gasteiger partial charge >= 0.3 is 0 Å². The molecule has 1 aromatic carbocycles. The van der Waals surface area contributed by atoms with Crippen LogP contribution in [-0.4, -0.2) is 21.7 Å². The molecule has 1 heterocycles. The van der Waals surface area contributed by atoms with E-state index in [0.29, 0.717) is 5.39 Å². The summed E-state index contributed by atoms with van der Waals surface area (Å²) in [6.45, 7) is 1.92. The molecule has 0 bridgehead atoms. The second kappa shape index (κ2) is 4.19. The van der Waals surface area contributed by atoms with Crippen molar-refractivity contribution >= 4 is 16.8 Å². The number of amides is 1. The summed E-state index contributed by atoms with van der Waals surface area (Å²) >= 11 is 0. The Hall–Kier alpha value is -2.17. The molecule has 5 heteroatoms. The molecule has 2 aromatic rings. The Balaban J connectivity index is 2.17. The third-order valence-electron chi connectivity index (χ3n) is 3.34. The molecule has 0 radical (unpaired) electrons. The van der Waals surface area contributed by atoms with Gasteiger partial charge in [0.05, 0.1) is 10.9 Å². The van der Waals surface area contributed by atoms with E-state index in [2.05, 4.69) is 10.4 Å². The van der Waals surface area contributed by atoms with E-state index in [1.807, 2.05) is 19.1 Å². The number of rotatable bonds is 2. The molecule has 0 aliphatic heterocycles. The highest BCUT2D eigenvalue weighted by molar-refractivity contribution is 5.95. The third kappa shape index (κ3) is 2.12. The Morgan fingerprint density at radius 1 is 1.42 bits per heavy atom. The molecule has 0 unspecified atom stereocenters. The van der Waals surface area contributed by atoms with E-state index < -0.39 is 0 Å². The standard InChI is InChI=1S/C14H15N3O2/c1-8-3-6-11-10(7-8)13(18)12(16-17(11)2)14(19)15-9-4-5-9/h3,6-7,9H,4-5H2,1-2H3,(H,15,19). The highest BCUT2D eigenvalue weighted by Gasteiger charge is 2.26. The average Bonchev–Trinajstić information content (AvgIpc) is 3.17. The monoisotopic (exact) mass is 257 g/mol. The predicted molar refractivity (Wildman–Crippen MR) is 72.2 cm³/mol. The quantitative estimate of drug-likeness (QED) is 0.877. The van der Waals surface area contributed by atoms with Crippen molar-refractivity contribution in [1.82, 2.24) is 15.1 Å². The lowest BCUT2D eigenvalue weighted by atomic mass is 10.1. The highest BCUT2D eigenvalue weighted by Crippen LogP contribution is 2.19. The summed E-state index contributed by atoms with van der Waals surface area (Å²) < 4.78 is 1.58. The van der Waals surface area contributed by atoms with Gasteiger partial charge in [0, 0.05) is 13.1 Å². The second-order valence-corrected chi connectivity index (χ2v) is 5.07. The van der Waals surface area contributed by atoms with Crippen LogP contribution in [0.5, 0.6) is 0 Å². The van der Waals surface area contributed by atoms with E-state index in [0.717, 1.165) is 23.9 Å². The fourth-order valence-corrected chi connectivity index (χ4v) is 2.12. The molecule has 1 aliphatic carbocycles. The van der Waals surface area contributed by atoms with Crippen LogP contribution in [-0.2, 0) is 7.05 Å². The average molecular weight is 257 g/mol. The smallest absolute Gasteiger partial charge is 0.276 e. The van der Waals surface area contributed by atoms with Crippen molar-refractivity contribution in [3.8, 4) is 0 Å². The Morgan fingerprint density at radius 2 is 2.16 bits per heavy atom. The molecule has 0 spiro atoms. The molecule has 1 aromatic heterocycles. The molecule has 1 aliphatic rings. The van der Waals surface area contributed by atoms with Gasteiger partial charge in [0.1, 0.15) is 0 Å². The van der Waals surface area contributed by atoms with E-state index in [4.69, 9.17) is 0 Å². The van der Waals surface area contributed by atoms with Gasteiger partial charge in [-0.25, -0.2) is 0 Å². The lowest BCUT2D eigenvalue weighted by Crippen LogP contribution is -2.33. The van der Waals surface area contributed by atoms with Crippen molar-refractivity contribution in [2.24, 2.45) is 7.05 Å². The molecule has 19 heavy (non-hydrogen) atoms. The van der Waals surface area contributed by atoms with Gasteiger partial charge in [0.15, 0.2) is 5.69 Å². The molecule has 0 atom stereocenters. The van der Waals surface area contributed by atoms with Crippen LogP contribution >= 0.6 is 0 Å². The number of carbonyl (C=O) groups excluding carboxylic acids is 1. The van der Waals surface area contributed by atoms with Gasteiger partial charge in [-0.3, -0.25) is 14.3 Å². The van der Waals surface area contributed by atoms with Gasteiger partial charge in [-0.05, 0) is 31.9 Å².